The lowest BCUT2D eigenvalue weighted by molar-refractivity contribution is 0.184. The molecule has 170 valence electrons. The van der Waals surface area contributed by atoms with E-state index in [1.165, 1.54) is 18.4 Å². The van der Waals surface area contributed by atoms with Crippen LogP contribution in [0.3, 0.4) is 0 Å². The summed E-state index contributed by atoms with van der Waals surface area (Å²) in [6.45, 7) is 2.27. The van der Waals surface area contributed by atoms with Crippen LogP contribution in [0.4, 0.5) is 4.39 Å². The number of nitrogens with zero attached hydrogens (tertiary/aromatic N) is 2. The van der Waals surface area contributed by atoms with Gasteiger partial charge in [0.25, 0.3) is 0 Å². The number of ether oxygens (including phenoxy) is 1. The molecule has 0 aliphatic heterocycles. The van der Waals surface area contributed by atoms with Crippen LogP contribution in [-0.4, -0.2) is 22.7 Å². The van der Waals surface area contributed by atoms with E-state index in [0.29, 0.717) is 18.0 Å². The largest absolute Gasteiger partial charge is 0.491 e. The molecule has 1 atom stereocenters. The van der Waals surface area contributed by atoms with Crippen LogP contribution in [0.1, 0.15) is 63.0 Å². The van der Waals surface area contributed by atoms with E-state index in [2.05, 4.69) is 47.2 Å². The molecule has 0 radical (unpaired) electrons. The summed E-state index contributed by atoms with van der Waals surface area (Å²) in [5.74, 6) is 1.38. The Bertz CT molecular complexity index is 882. The fraction of sp³-hybridized carbons (Fsp3) is 0.429. The maximum atomic E-state index is 14.0. The predicted molar refractivity (Wildman–Crippen MR) is 130 cm³/mol. The van der Waals surface area contributed by atoms with Gasteiger partial charge in [-0.25, -0.2) is 14.4 Å². The maximum absolute atomic E-state index is 14.0. The Morgan fingerprint density at radius 2 is 1.47 bits per heavy atom. The van der Waals surface area contributed by atoms with Gasteiger partial charge in [-0.1, -0.05) is 62.9 Å². The van der Waals surface area contributed by atoms with Crippen LogP contribution in [0.5, 0.6) is 5.75 Å². The third-order valence-corrected chi connectivity index (χ3v) is 5.64. The van der Waals surface area contributed by atoms with Crippen molar-refractivity contribution in [3.63, 3.8) is 0 Å². The number of rotatable bonds is 14. The number of unbranched alkanes of at least 4 members (excludes halogenated alkanes) is 4. The number of halogens is 1. The highest BCUT2D eigenvalue weighted by Crippen LogP contribution is 2.20. The van der Waals surface area contributed by atoms with Gasteiger partial charge in [-0.2, -0.15) is 0 Å². The highest BCUT2D eigenvalue weighted by molar-refractivity contribution is 5.55. The molecule has 1 aromatic heterocycles. The molecule has 3 nitrogen and oxygen atoms in total. The van der Waals surface area contributed by atoms with Gasteiger partial charge in [-0.15, -0.1) is 0 Å². The highest BCUT2D eigenvalue weighted by Gasteiger charge is 2.08. The van der Waals surface area contributed by atoms with Crippen molar-refractivity contribution in [1.29, 1.82) is 0 Å². The summed E-state index contributed by atoms with van der Waals surface area (Å²) in [6, 6.07) is 18.2. The minimum atomic E-state index is -0.907. The van der Waals surface area contributed by atoms with Gasteiger partial charge in [-0.3, -0.25) is 0 Å². The van der Waals surface area contributed by atoms with E-state index < -0.39 is 6.17 Å². The molecule has 0 saturated heterocycles. The van der Waals surface area contributed by atoms with Crippen LogP contribution in [0.15, 0.2) is 67.0 Å². The fourth-order valence-electron chi connectivity index (χ4n) is 3.70. The number of aromatic nitrogens is 2. The zero-order chi connectivity index (χ0) is 22.4. The summed E-state index contributed by atoms with van der Waals surface area (Å²) >= 11 is 0. The third kappa shape index (κ3) is 8.41. The first-order valence-electron chi connectivity index (χ1n) is 12.0. The summed E-state index contributed by atoms with van der Waals surface area (Å²) in [4.78, 5) is 9.05. The molecule has 0 saturated carbocycles. The van der Waals surface area contributed by atoms with Crippen LogP contribution in [0, 0.1) is 0 Å². The Morgan fingerprint density at radius 3 is 2.16 bits per heavy atom. The predicted octanol–water partition coefficient (Wildman–Crippen LogP) is 7.40. The molecular weight excluding hydrogens is 399 g/mol. The topological polar surface area (TPSA) is 35.0 Å². The van der Waals surface area contributed by atoms with Crippen molar-refractivity contribution in [2.45, 2.75) is 70.9 Å². The average molecular weight is 435 g/mol. The Kier molecular flexibility index (Phi) is 10.2. The van der Waals surface area contributed by atoms with Gasteiger partial charge < -0.3 is 4.74 Å². The first-order chi connectivity index (χ1) is 15.7. The van der Waals surface area contributed by atoms with Crippen molar-refractivity contribution in [2.24, 2.45) is 0 Å². The zero-order valence-electron chi connectivity index (χ0n) is 19.2. The number of hydrogen-bond donors (Lipinski definition) is 0. The highest BCUT2D eigenvalue weighted by atomic mass is 19.1. The van der Waals surface area contributed by atoms with Gasteiger partial charge in [-0.05, 0) is 67.5 Å². The molecular formula is C28H35FN2O. The van der Waals surface area contributed by atoms with Crippen molar-refractivity contribution >= 4 is 0 Å². The monoisotopic (exact) mass is 434 g/mol. The Balaban J connectivity index is 1.39. The molecule has 0 amide bonds. The molecule has 0 aliphatic rings. The van der Waals surface area contributed by atoms with Crippen LogP contribution in [0.25, 0.3) is 11.4 Å². The van der Waals surface area contributed by atoms with Gasteiger partial charge >= 0.3 is 0 Å². The SMILES string of the molecule is CCCCCCC(F)COc1ccc(-c2ncc(CCCCc3ccccc3)cn2)cc1. The number of benzene rings is 2. The van der Waals surface area contributed by atoms with Crippen molar-refractivity contribution in [2.75, 3.05) is 6.61 Å². The normalized spacial score (nSPS) is 11.9. The van der Waals surface area contributed by atoms with Crippen LogP contribution >= 0.6 is 0 Å². The van der Waals surface area contributed by atoms with E-state index in [-0.39, 0.29) is 6.61 Å². The summed E-state index contributed by atoms with van der Waals surface area (Å²) in [5.41, 5.74) is 3.49. The van der Waals surface area contributed by atoms with E-state index in [9.17, 15) is 4.39 Å². The van der Waals surface area contributed by atoms with E-state index in [1.54, 1.807) is 0 Å². The van der Waals surface area contributed by atoms with E-state index in [4.69, 9.17) is 4.74 Å². The second kappa shape index (κ2) is 13.6. The van der Waals surface area contributed by atoms with Gasteiger partial charge in [0.15, 0.2) is 5.82 Å². The van der Waals surface area contributed by atoms with Gasteiger partial charge in [0.1, 0.15) is 18.5 Å². The average Bonchev–Trinajstić information content (AvgIpc) is 2.85. The van der Waals surface area contributed by atoms with Crippen molar-refractivity contribution in [1.82, 2.24) is 9.97 Å². The summed E-state index contributed by atoms with van der Waals surface area (Å²) in [5, 5.41) is 0. The van der Waals surface area contributed by atoms with Gasteiger partial charge in [0.2, 0.25) is 0 Å². The Hall–Kier alpha value is -2.75. The molecule has 2 aromatic carbocycles. The van der Waals surface area contributed by atoms with Crippen LogP contribution in [0.2, 0.25) is 0 Å². The quantitative estimate of drug-likeness (QED) is 0.248. The first kappa shape index (κ1) is 23.9. The Morgan fingerprint density at radius 1 is 0.781 bits per heavy atom. The van der Waals surface area contributed by atoms with Crippen molar-refractivity contribution in [3.05, 3.63) is 78.1 Å². The lowest BCUT2D eigenvalue weighted by atomic mass is 10.1. The molecule has 1 unspecified atom stereocenters. The van der Waals surface area contributed by atoms with Crippen LogP contribution in [-0.2, 0) is 12.8 Å². The molecule has 0 bridgehead atoms. The number of alkyl halides is 1. The summed E-state index contributed by atoms with van der Waals surface area (Å²) < 4.78 is 19.6. The zero-order valence-corrected chi connectivity index (χ0v) is 19.2. The van der Waals surface area contributed by atoms with Crippen molar-refractivity contribution in [3.8, 4) is 17.1 Å². The lowest BCUT2D eigenvalue weighted by Crippen LogP contribution is -2.12. The standard InChI is InChI=1S/C28H35FN2O/c1-2-3-4-8-15-26(29)22-32-27-18-16-25(17-19-27)28-30-20-24(21-31-28)14-10-9-13-23-11-6-5-7-12-23/h5-7,11-12,16-21,26H,2-4,8-10,13-15,22H2,1H3. The van der Waals surface area contributed by atoms with Gasteiger partial charge in [0, 0.05) is 18.0 Å². The molecule has 0 N–H and O–H groups in total. The van der Waals surface area contributed by atoms with E-state index >= 15 is 0 Å². The molecule has 3 rings (SSSR count). The Labute approximate surface area is 192 Å². The molecule has 4 heteroatoms. The second-order valence-electron chi connectivity index (χ2n) is 8.39. The van der Waals surface area contributed by atoms with E-state index in [0.717, 1.165) is 49.7 Å². The minimum absolute atomic E-state index is 0.112. The smallest absolute Gasteiger partial charge is 0.159 e. The molecule has 3 aromatic rings. The third-order valence-electron chi connectivity index (χ3n) is 5.64. The van der Waals surface area contributed by atoms with E-state index in [1.807, 2.05) is 36.7 Å². The van der Waals surface area contributed by atoms with Gasteiger partial charge in [0.05, 0.1) is 0 Å². The fourth-order valence-corrected chi connectivity index (χ4v) is 3.70. The minimum Gasteiger partial charge on any atom is -0.491 e. The molecule has 0 spiro atoms. The summed E-state index contributed by atoms with van der Waals surface area (Å²) in [7, 11) is 0. The number of hydrogen-bond acceptors (Lipinski definition) is 3. The first-order valence-corrected chi connectivity index (χ1v) is 12.0. The molecule has 32 heavy (non-hydrogen) atoms. The van der Waals surface area contributed by atoms with Crippen molar-refractivity contribution < 1.29 is 9.13 Å². The molecule has 0 aliphatic carbocycles. The lowest BCUT2D eigenvalue weighted by Gasteiger charge is -2.11. The summed E-state index contributed by atoms with van der Waals surface area (Å²) in [6.07, 6.45) is 12.2. The number of aryl methyl sites for hydroxylation is 2. The molecule has 0 fully saturated rings. The molecule has 1 heterocycles. The van der Waals surface area contributed by atoms with Crippen LogP contribution < -0.4 is 4.74 Å². The second-order valence-corrected chi connectivity index (χ2v) is 8.39. The maximum Gasteiger partial charge on any atom is 0.159 e.